The molecule has 1 aliphatic rings. The molecule has 2 nitrogen and oxygen atoms in total. The molecular formula is C8H15NOS. The van der Waals surface area contributed by atoms with E-state index in [1.807, 2.05) is 6.92 Å². The molecule has 0 saturated carbocycles. The van der Waals surface area contributed by atoms with E-state index in [9.17, 15) is 5.11 Å². The molecule has 0 aromatic rings. The lowest BCUT2D eigenvalue weighted by molar-refractivity contribution is 0.0735. The summed E-state index contributed by atoms with van der Waals surface area (Å²) in [6.45, 7) is 6.17. The van der Waals surface area contributed by atoms with Crippen LogP contribution in [0, 0.1) is 5.92 Å². The Morgan fingerprint density at radius 3 is 2.64 bits per heavy atom. The number of nitrogens with zero attached hydrogens (tertiary/aromatic N) is 1. The highest BCUT2D eigenvalue weighted by Gasteiger charge is 2.31. The molecule has 0 aromatic heterocycles. The molecule has 64 valence electrons. The van der Waals surface area contributed by atoms with E-state index in [-0.39, 0.29) is 0 Å². The zero-order valence-corrected chi connectivity index (χ0v) is 8.11. The van der Waals surface area contributed by atoms with Crippen LogP contribution >= 0.6 is 11.8 Å². The van der Waals surface area contributed by atoms with Crippen molar-refractivity contribution in [1.29, 1.82) is 0 Å². The second-order valence-corrected chi connectivity index (χ2v) is 4.23. The van der Waals surface area contributed by atoms with E-state index in [4.69, 9.17) is 0 Å². The van der Waals surface area contributed by atoms with Gasteiger partial charge in [0.25, 0.3) is 0 Å². The van der Waals surface area contributed by atoms with E-state index >= 15 is 0 Å². The molecule has 0 fully saturated rings. The van der Waals surface area contributed by atoms with Crippen LogP contribution in [-0.2, 0) is 0 Å². The molecule has 11 heavy (non-hydrogen) atoms. The molecule has 0 aliphatic carbocycles. The maximum atomic E-state index is 9.71. The predicted octanol–water partition coefficient (Wildman–Crippen LogP) is 1.89. The number of aliphatic hydroxyl groups is 1. The molecule has 0 aromatic carbocycles. The molecule has 1 unspecified atom stereocenters. The minimum atomic E-state index is -0.760. The lowest BCUT2D eigenvalue weighted by Gasteiger charge is -2.14. The summed E-state index contributed by atoms with van der Waals surface area (Å²) >= 11 is 1.68. The summed E-state index contributed by atoms with van der Waals surface area (Å²) in [7, 11) is 0. The van der Waals surface area contributed by atoms with Crippen molar-refractivity contribution in [2.45, 2.75) is 32.9 Å². The number of hydrogen-bond acceptors (Lipinski definition) is 3. The maximum absolute atomic E-state index is 9.71. The molecular weight excluding hydrogens is 158 g/mol. The normalized spacial score (nSPS) is 31.2. The fourth-order valence-electron chi connectivity index (χ4n) is 0.936. The number of aliphatic imine (C=N–C) groups is 1. The zero-order valence-electron chi connectivity index (χ0n) is 7.29. The Kier molecular flexibility index (Phi) is 2.60. The molecule has 1 rings (SSSR count). The van der Waals surface area contributed by atoms with Crippen molar-refractivity contribution in [2.24, 2.45) is 10.9 Å². The van der Waals surface area contributed by atoms with Gasteiger partial charge in [-0.15, -0.1) is 11.8 Å². The number of hydrogen-bond donors (Lipinski definition) is 1. The van der Waals surface area contributed by atoms with Gasteiger partial charge in [0.2, 0.25) is 0 Å². The van der Waals surface area contributed by atoms with Crippen molar-refractivity contribution >= 4 is 16.8 Å². The first kappa shape index (κ1) is 9.07. The van der Waals surface area contributed by atoms with Crippen molar-refractivity contribution in [3.8, 4) is 0 Å². The van der Waals surface area contributed by atoms with Gasteiger partial charge in [0.05, 0.1) is 5.04 Å². The molecule has 0 amide bonds. The third-order valence-electron chi connectivity index (χ3n) is 1.83. The van der Waals surface area contributed by atoms with E-state index in [0.29, 0.717) is 5.92 Å². The first-order valence-electron chi connectivity index (χ1n) is 4.02. The summed E-state index contributed by atoms with van der Waals surface area (Å²) < 4.78 is 0. The maximum Gasteiger partial charge on any atom is 0.165 e. The van der Waals surface area contributed by atoms with E-state index in [1.165, 1.54) is 0 Å². The third-order valence-corrected chi connectivity index (χ3v) is 3.29. The van der Waals surface area contributed by atoms with E-state index < -0.39 is 5.72 Å². The van der Waals surface area contributed by atoms with Crippen LogP contribution < -0.4 is 0 Å². The van der Waals surface area contributed by atoms with Crippen LogP contribution in [0.15, 0.2) is 4.99 Å². The second kappa shape index (κ2) is 3.15. The van der Waals surface area contributed by atoms with Gasteiger partial charge in [0, 0.05) is 11.7 Å². The fourth-order valence-corrected chi connectivity index (χ4v) is 2.15. The summed E-state index contributed by atoms with van der Waals surface area (Å²) in [5.74, 6) is 1.19. The van der Waals surface area contributed by atoms with Crippen LogP contribution in [0.5, 0.6) is 0 Å². The standard InChI is InChI=1S/C8H15NOS/c1-4-8(10)5-11-7(9-8)6(2)3/h6,10H,4-5H2,1-3H3. The Labute approximate surface area is 72.1 Å². The van der Waals surface area contributed by atoms with Gasteiger partial charge in [-0.2, -0.15) is 0 Å². The van der Waals surface area contributed by atoms with Crippen LogP contribution in [0.3, 0.4) is 0 Å². The Bertz CT molecular complexity index is 179. The first-order valence-corrected chi connectivity index (χ1v) is 5.01. The zero-order chi connectivity index (χ0) is 8.48. The van der Waals surface area contributed by atoms with E-state index in [1.54, 1.807) is 11.8 Å². The largest absolute Gasteiger partial charge is 0.368 e. The molecule has 0 radical (unpaired) electrons. The summed E-state index contributed by atoms with van der Waals surface area (Å²) in [5, 5.41) is 10.8. The van der Waals surface area contributed by atoms with Gasteiger partial charge in [-0.25, -0.2) is 4.99 Å². The summed E-state index contributed by atoms with van der Waals surface area (Å²) in [4.78, 5) is 4.27. The van der Waals surface area contributed by atoms with Gasteiger partial charge in [0.1, 0.15) is 0 Å². The van der Waals surface area contributed by atoms with Crippen LogP contribution in [-0.4, -0.2) is 21.6 Å². The van der Waals surface area contributed by atoms with E-state index in [2.05, 4.69) is 18.8 Å². The summed E-state index contributed by atoms with van der Waals surface area (Å²) in [5.41, 5.74) is -0.760. The highest BCUT2D eigenvalue weighted by atomic mass is 32.2. The van der Waals surface area contributed by atoms with Crippen molar-refractivity contribution in [1.82, 2.24) is 0 Å². The predicted molar refractivity (Wildman–Crippen MR) is 50.0 cm³/mol. The third kappa shape index (κ3) is 1.97. The highest BCUT2D eigenvalue weighted by molar-refractivity contribution is 8.14. The molecule has 0 spiro atoms. The van der Waals surface area contributed by atoms with Crippen molar-refractivity contribution in [2.75, 3.05) is 5.75 Å². The van der Waals surface area contributed by atoms with Crippen molar-refractivity contribution in [3.05, 3.63) is 0 Å². The van der Waals surface area contributed by atoms with Crippen molar-refractivity contribution < 1.29 is 5.11 Å². The molecule has 0 saturated heterocycles. The number of rotatable bonds is 2. The average molecular weight is 173 g/mol. The Balaban J connectivity index is 2.67. The lowest BCUT2D eigenvalue weighted by atomic mass is 10.2. The molecule has 0 bridgehead atoms. The quantitative estimate of drug-likeness (QED) is 0.691. The fraction of sp³-hybridized carbons (Fsp3) is 0.875. The van der Waals surface area contributed by atoms with Crippen LogP contribution in [0.4, 0.5) is 0 Å². The van der Waals surface area contributed by atoms with Gasteiger partial charge >= 0.3 is 0 Å². The van der Waals surface area contributed by atoms with Crippen LogP contribution in [0.1, 0.15) is 27.2 Å². The highest BCUT2D eigenvalue weighted by Crippen LogP contribution is 2.30. The smallest absolute Gasteiger partial charge is 0.165 e. The SMILES string of the molecule is CCC1(O)CSC(C(C)C)=N1. The molecule has 1 N–H and O–H groups in total. The molecule has 1 aliphatic heterocycles. The Hall–Kier alpha value is -0.0200. The minimum Gasteiger partial charge on any atom is -0.368 e. The first-order chi connectivity index (χ1) is 5.07. The average Bonchev–Trinajstić information content (AvgIpc) is 2.33. The van der Waals surface area contributed by atoms with Crippen LogP contribution in [0.25, 0.3) is 0 Å². The molecule has 3 heteroatoms. The van der Waals surface area contributed by atoms with Crippen molar-refractivity contribution in [3.63, 3.8) is 0 Å². The van der Waals surface area contributed by atoms with Gasteiger partial charge in [-0.1, -0.05) is 20.8 Å². The van der Waals surface area contributed by atoms with Gasteiger partial charge in [0.15, 0.2) is 5.72 Å². The molecule has 1 heterocycles. The van der Waals surface area contributed by atoms with Crippen LogP contribution in [0.2, 0.25) is 0 Å². The van der Waals surface area contributed by atoms with E-state index in [0.717, 1.165) is 17.2 Å². The Morgan fingerprint density at radius 2 is 2.36 bits per heavy atom. The monoisotopic (exact) mass is 173 g/mol. The number of thioether (sulfide) groups is 1. The minimum absolute atomic E-state index is 0.459. The summed E-state index contributed by atoms with van der Waals surface area (Å²) in [6.07, 6.45) is 0.718. The Morgan fingerprint density at radius 1 is 1.73 bits per heavy atom. The molecule has 1 atom stereocenters. The second-order valence-electron chi connectivity index (χ2n) is 3.23. The summed E-state index contributed by atoms with van der Waals surface area (Å²) in [6, 6.07) is 0. The van der Waals surface area contributed by atoms with Gasteiger partial charge in [-0.05, 0) is 6.42 Å². The topological polar surface area (TPSA) is 32.6 Å². The lowest BCUT2D eigenvalue weighted by Crippen LogP contribution is -2.24. The van der Waals surface area contributed by atoms with Gasteiger partial charge < -0.3 is 5.11 Å². The van der Waals surface area contributed by atoms with Gasteiger partial charge in [-0.3, -0.25) is 0 Å².